The third kappa shape index (κ3) is 3.60. The molecule has 0 spiro atoms. The van der Waals surface area contributed by atoms with Crippen molar-refractivity contribution in [1.29, 1.82) is 0 Å². The molecule has 7 heteroatoms. The quantitative estimate of drug-likeness (QED) is 0.607. The van der Waals surface area contributed by atoms with Gasteiger partial charge in [0.15, 0.2) is 0 Å². The van der Waals surface area contributed by atoms with Crippen LogP contribution in [-0.4, -0.2) is 68.0 Å². The molecule has 4 aliphatic rings. The molecular weight excluding hydrogens is 426 g/mol. The smallest absolute Gasteiger partial charge is 0.233 e. The number of carbonyl (C=O) groups excluding carboxylic acids is 2. The number of nitrogens with zero attached hydrogens (tertiary/aromatic N) is 3. The molecule has 0 radical (unpaired) electrons. The molecular formula is C25H36ClN3O3. The van der Waals surface area contributed by atoms with Crippen molar-refractivity contribution in [2.45, 2.75) is 39.5 Å². The number of halogens is 1. The summed E-state index contributed by atoms with van der Waals surface area (Å²) in [6.07, 6.45) is 4.08. The van der Waals surface area contributed by atoms with Crippen molar-refractivity contribution in [3.05, 3.63) is 24.3 Å². The molecule has 2 aliphatic carbocycles. The highest BCUT2D eigenvalue weighted by Crippen LogP contribution is 2.69. The Morgan fingerprint density at radius 3 is 2.12 bits per heavy atom. The van der Waals surface area contributed by atoms with E-state index < -0.39 is 0 Å². The Morgan fingerprint density at radius 2 is 1.53 bits per heavy atom. The highest BCUT2D eigenvalue weighted by Gasteiger charge is 2.70. The fraction of sp³-hybridized carbons (Fsp3) is 0.680. The molecule has 176 valence electrons. The third-order valence-corrected chi connectivity index (χ3v) is 8.63. The Balaban J connectivity index is 0.00000245. The normalized spacial score (nSPS) is 34.1. The van der Waals surface area contributed by atoms with Crippen LogP contribution in [0.5, 0.6) is 5.75 Å². The summed E-state index contributed by atoms with van der Waals surface area (Å²) in [4.78, 5) is 32.7. The van der Waals surface area contributed by atoms with E-state index in [1.165, 1.54) is 0 Å². The van der Waals surface area contributed by atoms with Gasteiger partial charge in [-0.1, -0.05) is 26.0 Å². The second-order valence-corrected chi connectivity index (χ2v) is 10.6. The summed E-state index contributed by atoms with van der Waals surface area (Å²) in [5.41, 5.74) is 1.23. The molecule has 2 aliphatic heterocycles. The van der Waals surface area contributed by atoms with Gasteiger partial charge < -0.3 is 9.64 Å². The standard InChI is InChI=1S/C25H35N3O3.ClH/c1-24-9-10-25(2,17-24)21-20(24)22(29)28(23(21)30)12-6-11-26-13-15-27(16-14-26)18-7-4-5-8-19(18)31-3;/h4-5,7-8,20-21H,6,9-17H2,1-3H3;1H. The number of anilines is 1. The average molecular weight is 462 g/mol. The van der Waals surface area contributed by atoms with Gasteiger partial charge in [0, 0.05) is 32.7 Å². The maximum absolute atomic E-state index is 13.2. The number of hydrogen-bond acceptors (Lipinski definition) is 5. The van der Waals surface area contributed by atoms with Gasteiger partial charge in [0.1, 0.15) is 5.75 Å². The number of amides is 2. The monoisotopic (exact) mass is 461 g/mol. The zero-order valence-corrected chi connectivity index (χ0v) is 20.3. The van der Waals surface area contributed by atoms with E-state index in [0.29, 0.717) is 6.54 Å². The molecule has 5 rings (SSSR count). The van der Waals surface area contributed by atoms with E-state index in [9.17, 15) is 9.59 Å². The Morgan fingerprint density at radius 1 is 0.938 bits per heavy atom. The predicted octanol–water partition coefficient (Wildman–Crippen LogP) is 3.44. The SMILES string of the molecule is COc1ccccc1N1CCN(CCCN2C(=O)C3C(C2=O)C2(C)CCC3(C)C2)CC1.Cl. The number of ether oxygens (including phenoxy) is 1. The van der Waals surface area contributed by atoms with E-state index in [2.05, 4.69) is 35.8 Å². The maximum atomic E-state index is 13.2. The molecule has 1 aromatic rings. The minimum absolute atomic E-state index is 0. The summed E-state index contributed by atoms with van der Waals surface area (Å²) in [6.45, 7) is 9.87. The first kappa shape index (κ1) is 23.4. The van der Waals surface area contributed by atoms with Gasteiger partial charge in [0.25, 0.3) is 0 Å². The van der Waals surface area contributed by atoms with Crippen molar-refractivity contribution >= 4 is 29.9 Å². The molecule has 1 aromatic carbocycles. The van der Waals surface area contributed by atoms with Crippen LogP contribution in [0, 0.1) is 22.7 Å². The fourth-order valence-corrected chi connectivity index (χ4v) is 7.11. The lowest BCUT2D eigenvalue weighted by atomic mass is 9.69. The molecule has 4 atom stereocenters. The predicted molar refractivity (Wildman–Crippen MR) is 127 cm³/mol. The van der Waals surface area contributed by atoms with E-state index in [0.717, 1.165) is 69.8 Å². The van der Waals surface area contributed by atoms with Gasteiger partial charge in [-0.25, -0.2) is 0 Å². The van der Waals surface area contributed by atoms with Crippen LogP contribution in [0.25, 0.3) is 0 Å². The Hall–Kier alpha value is -1.79. The third-order valence-electron chi connectivity index (χ3n) is 8.63. The van der Waals surface area contributed by atoms with Crippen LogP contribution < -0.4 is 9.64 Å². The number of imide groups is 1. The highest BCUT2D eigenvalue weighted by atomic mass is 35.5. The zero-order valence-electron chi connectivity index (χ0n) is 19.5. The number of carbonyl (C=O) groups is 2. The summed E-state index contributed by atoms with van der Waals surface area (Å²) in [5.74, 6) is 1.01. The molecule has 4 fully saturated rings. The van der Waals surface area contributed by atoms with E-state index in [1.54, 1.807) is 12.0 Å². The zero-order chi connectivity index (χ0) is 21.8. The molecule has 0 aromatic heterocycles. The second kappa shape index (κ2) is 8.53. The van der Waals surface area contributed by atoms with Crippen LogP contribution in [-0.2, 0) is 9.59 Å². The molecule has 4 unspecified atom stereocenters. The van der Waals surface area contributed by atoms with Crippen molar-refractivity contribution in [2.24, 2.45) is 22.7 Å². The number of rotatable bonds is 6. The van der Waals surface area contributed by atoms with Crippen LogP contribution in [0.1, 0.15) is 39.5 Å². The van der Waals surface area contributed by atoms with E-state index in [-0.39, 0.29) is 46.9 Å². The number of likely N-dealkylation sites (tertiary alicyclic amines) is 1. The molecule has 32 heavy (non-hydrogen) atoms. The Labute approximate surface area is 197 Å². The summed E-state index contributed by atoms with van der Waals surface area (Å²) < 4.78 is 5.51. The van der Waals surface area contributed by atoms with Gasteiger partial charge in [-0.2, -0.15) is 0 Å². The number of fused-ring (bicyclic) bond motifs is 5. The topological polar surface area (TPSA) is 53.1 Å². The van der Waals surface area contributed by atoms with Crippen molar-refractivity contribution < 1.29 is 14.3 Å². The highest BCUT2D eigenvalue weighted by molar-refractivity contribution is 6.06. The lowest BCUT2D eigenvalue weighted by Gasteiger charge is -2.36. The van der Waals surface area contributed by atoms with Crippen molar-refractivity contribution in [2.75, 3.05) is 51.3 Å². The van der Waals surface area contributed by atoms with Crippen molar-refractivity contribution in [1.82, 2.24) is 9.80 Å². The minimum atomic E-state index is -0.0665. The number of piperazine rings is 1. The fourth-order valence-electron chi connectivity index (χ4n) is 7.11. The van der Waals surface area contributed by atoms with Crippen LogP contribution in [0.2, 0.25) is 0 Å². The van der Waals surface area contributed by atoms with Gasteiger partial charge >= 0.3 is 0 Å². The average Bonchev–Trinajstić information content (AvgIpc) is 3.32. The van der Waals surface area contributed by atoms with E-state index in [4.69, 9.17) is 4.74 Å². The van der Waals surface area contributed by atoms with Crippen LogP contribution in [0.3, 0.4) is 0 Å². The molecule has 0 N–H and O–H groups in total. The molecule has 2 saturated carbocycles. The summed E-state index contributed by atoms with van der Waals surface area (Å²) in [7, 11) is 1.72. The van der Waals surface area contributed by atoms with E-state index in [1.807, 2.05) is 12.1 Å². The van der Waals surface area contributed by atoms with Gasteiger partial charge in [-0.15, -0.1) is 12.4 Å². The summed E-state index contributed by atoms with van der Waals surface area (Å²) in [6, 6.07) is 8.18. The first-order valence-electron chi connectivity index (χ1n) is 11.8. The molecule has 2 saturated heterocycles. The first-order chi connectivity index (χ1) is 14.9. The lowest BCUT2D eigenvalue weighted by molar-refractivity contribution is -0.141. The Kier molecular flexibility index (Phi) is 6.23. The van der Waals surface area contributed by atoms with Crippen molar-refractivity contribution in [3.8, 4) is 5.75 Å². The van der Waals surface area contributed by atoms with E-state index >= 15 is 0 Å². The molecule has 2 heterocycles. The number of methoxy groups -OCH3 is 1. The Bertz CT molecular complexity index is 853. The number of para-hydroxylation sites is 2. The lowest BCUT2D eigenvalue weighted by Crippen LogP contribution is -2.47. The van der Waals surface area contributed by atoms with Crippen LogP contribution in [0.4, 0.5) is 5.69 Å². The summed E-state index contributed by atoms with van der Waals surface area (Å²) in [5, 5.41) is 0. The number of benzene rings is 1. The van der Waals surface area contributed by atoms with Crippen LogP contribution >= 0.6 is 12.4 Å². The number of hydrogen-bond donors (Lipinski definition) is 0. The largest absolute Gasteiger partial charge is 0.495 e. The molecule has 2 bridgehead atoms. The van der Waals surface area contributed by atoms with Crippen LogP contribution in [0.15, 0.2) is 24.3 Å². The second-order valence-electron chi connectivity index (χ2n) is 10.6. The minimum Gasteiger partial charge on any atom is -0.495 e. The maximum Gasteiger partial charge on any atom is 0.233 e. The van der Waals surface area contributed by atoms with Gasteiger partial charge in [-0.05, 0) is 55.2 Å². The molecule has 2 amide bonds. The van der Waals surface area contributed by atoms with Gasteiger partial charge in [0.2, 0.25) is 11.8 Å². The summed E-state index contributed by atoms with van der Waals surface area (Å²) >= 11 is 0. The first-order valence-corrected chi connectivity index (χ1v) is 11.8. The van der Waals surface area contributed by atoms with Crippen molar-refractivity contribution in [3.63, 3.8) is 0 Å². The van der Waals surface area contributed by atoms with Gasteiger partial charge in [0.05, 0.1) is 24.6 Å². The molecule has 6 nitrogen and oxygen atoms in total. The van der Waals surface area contributed by atoms with Gasteiger partial charge in [-0.3, -0.25) is 19.4 Å².